The van der Waals surface area contributed by atoms with Gasteiger partial charge in [0.15, 0.2) is 5.54 Å². The lowest BCUT2D eigenvalue weighted by Gasteiger charge is -2.40. The molecule has 2 atom stereocenters. The van der Waals surface area contributed by atoms with Gasteiger partial charge >= 0.3 is 5.97 Å². The van der Waals surface area contributed by atoms with Gasteiger partial charge < -0.3 is 10.1 Å². The van der Waals surface area contributed by atoms with Gasteiger partial charge in [0, 0.05) is 14.6 Å². The Bertz CT molecular complexity index is 1510. The second-order valence-corrected chi connectivity index (χ2v) is 12.2. The van der Waals surface area contributed by atoms with Crippen LogP contribution in [-0.2, 0) is 25.1 Å². The van der Waals surface area contributed by atoms with Crippen LogP contribution in [0, 0.1) is 6.92 Å². The number of aryl methyl sites for hydroxylation is 1. The number of sulfonamides is 1. The predicted molar refractivity (Wildman–Crippen MR) is 156 cm³/mol. The number of halogens is 2. The summed E-state index contributed by atoms with van der Waals surface area (Å²) in [7, 11) is -2.80. The van der Waals surface area contributed by atoms with E-state index in [-0.39, 0.29) is 4.90 Å². The van der Waals surface area contributed by atoms with Crippen molar-refractivity contribution >= 4 is 53.5 Å². The number of nitrogens with one attached hydrogen (secondary N) is 2. The van der Waals surface area contributed by atoms with Crippen molar-refractivity contribution in [2.75, 3.05) is 12.4 Å². The van der Waals surface area contributed by atoms with Crippen molar-refractivity contribution in [2.45, 2.75) is 23.4 Å². The van der Waals surface area contributed by atoms with Crippen molar-refractivity contribution in [1.29, 1.82) is 0 Å². The van der Waals surface area contributed by atoms with Crippen LogP contribution >= 0.6 is 31.9 Å². The molecule has 4 aromatic carbocycles. The lowest BCUT2D eigenvalue weighted by Crippen LogP contribution is -2.55. The summed E-state index contributed by atoms with van der Waals surface area (Å²) in [6, 6.07) is 28.8. The van der Waals surface area contributed by atoms with Crippen LogP contribution < -0.4 is 10.0 Å². The number of anilines is 1. The molecular weight excluding hydrogens is 632 g/mol. The molecule has 0 aliphatic heterocycles. The molecule has 9 heteroatoms. The molecule has 0 saturated heterocycles. The highest BCUT2D eigenvalue weighted by atomic mass is 79.9. The molecule has 4 rings (SSSR count). The average molecular weight is 658 g/mol. The summed E-state index contributed by atoms with van der Waals surface area (Å²) in [4.78, 5) is 14.0. The first-order chi connectivity index (χ1) is 18.2. The number of methoxy groups -OCH3 is 1. The lowest BCUT2D eigenvalue weighted by atomic mass is 9.79. The number of carbonyl (C=O) groups excluding carboxylic acids is 1. The van der Waals surface area contributed by atoms with E-state index in [0.29, 0.717) is 21.3 Å². The first-order valence-corrected chi connectivity index (χ1v) is 14.8. The van der Waals surface area contributed by atoms with Crippen LogP contribution in [-0.4, -0.2) is 21.5 Å². The van der Waals surface area contributed by atoms with E-state index in [0.717, 1.165) is 10.0 Å². The van der Waals surface area contributed by atoms with Gasteiger partial charge in [-0.2, -0.15) is 0 Å². The minimum atomic E-state index is -4.09. The summed E-state index contributed by atoms with van der Waals surface area (Å²) >= 11 is 7.00. The second-order valence-electron chi connectivity index (χ2n) is 8.69. The highest BCUT2D eigenvalue weighted by Gasteiger charge is 2.51. The van der Waals surface area contributed by atoms with E-state index < -0.39 is 27.6 Å². The van der Waals surface area contributed by atoms with Gasteiger partial charge in [0.25, 0.3) is 0 Å². The second kappa shape index (κ2) is 11.8. The summed E-state index contributed by atoms with van der Waals surface area (Å²) in [5, 5.41) is 3.36. The molecule has 0 heterocycles. The lowest BCUT2D eigenvalue weighted by molar-refractivity contribution is -0.147. The third kappa shape index (κ3) is 5.86. The molecule has 0 bridgehead atoms. The van der Waals surface area contributed by atoms with Crippen LogP contribution in [0.5, 0.6) is 0 Å². The van der Waals surface area contributed by atoms with Gasteiger partial charge in [0.1, 0.15) is 0 Å². The van der Waals surface area contributed by atoms with Crippen molar-refractivity contribution in [3.63, 3.8) is 0 Å². The minimum absolute atomic E-state index is 0.0814. The third-order valence-corrected chi connectivity index (χ3v) is 8.84. The van der Waals surface area contributed by atoms with Gasteiger partial charge in [-0.15, -0.1) is 0 Å². The highest BCUT2D eigenvalue weighted by molar-refractivity contribution is 9.10. The number of carbonyl (C=O) groups is 1. The van der Waals surface area contributed by atoms with Crippen molar-refractivity contribution in [3.8, 4) is 0 Å². The number of hydrogen-bond donors (Lipinski definition) is 2. The molecular formula is C29H26Br2N2O4S. The van der Waals surface area contributed by atoms with Crippen molar-refractivity contribution in [1.82, 2.24) is 4.72 Å². The van der Waals surface area contributed by atoms with Gasteiger partial charge in [-0.3, -0.25) is 0 Å². The van der Waals surface area contributed by atoms with Crippen molar-refractivity contribution in [2.24, 2.45) is 0 Å². The Labute approximate surface area is 239 Å². The first-order valence-electron chi connectivity index (χ1n) is 11.7. The maximum atomic E-state index is 14.0. The van der Waals surface area contributed by atoms with Crippen LogP contribution in [0.2, 0.25) is 0 Å². The van der Waals surface area contributed by atoms with E-state index in [2.05, 4.69) is 41.9 Å². The van der Waals surface area contributed by atoms with E-state index >= 15 is 0 Å². The van der Waals surface area contributed by atoms with Crippen molar-refractivity contribution in [3.05, 3.63) is 129 Å². The summed E-state index contributed by atoms with van der Waals surface area (Å²) in [5.74, 6) is -0.668. The van der Waals surface area contributed by atoms with Crippen LogP contribution in [0.3, 0.4) is 0 Å². The Morgan fingerprint density at radius 2 is 1.45 bits per heavy atom. The fraction of sp³-hybridized carbons (Fsp3) is 0.138. The Kier molecular flexibility index (Phi) is 8.72. The number of ether oxygens (including phenoxy) is 1. The van der Waals surface area contributed by atoms with Gasteiger partial charge in [-0.1, -0.05) is 88.2 Å². The maximum absolute atomic E-state index is 14.0. The van der Waals surface area contributed by atoms with E-state index in [1.807, 2.05) is 31.2 Å². The molecule has 196 valence electrons. The molecule has 4 aromatic rings. The molecule has 0 unspecified atom stereocenters. The standard InChI is InChI=1S/C29H26Br2N2O4S/c1-20-12-18-24(19-13-20)38(35,36)33-27(21-14-16-23(30)17-15-21)29(28(34)37-2,22-8-4-3-5-9-22)32-26-11-7-6-10-25(26)31/h3-19,27,32-33H,1-2H3/t27-,29+/m0/s1. The molecule has 0 aliphatic rings. The zero-order chi connectivity index (χ0) is 27.3. The topological polar surface area (TPSA) is 84.5 Å². The van der Waals surface area contributed by atoms with Crippen LogP contribution in [0.15, 0.2) is 117 Å². The minimum Gasteiger partial charge on any atom is -0.467 e. The van der Waals surface area contributed by atoms with E-state index in [1.54, 1.807) is 78.9 Å². The Balaban J connectivity index is 2.01. The van der Waals surface area contributed by atoms with Gasteiger partial charge in [0.05, 0.1) is 18.0 Å². The molecule has 2 N–H and O–H groups in total. The number of rotatable bonds is 9. The number of para-hydroxylation sites is 1. The third-order valence-electron chi connectivity index (χ3n) is 6.18. The Morgan fingerprint density at radius 3 is 2.05 bits per heavy atom. The molecule has 0 spiro atoms. The zero-order valence-corrected chi connectivity index (χ0v) is 24.7. The summed E-state index contributed by atoms with van der Waals surface area (Å²) in [5.41, 5.74) is 0.876. The molecule has 0 aliphatic carbocycles. The quantitative estimate of drug-likeness (QED) is 0.195. The summed E-state index contributed by atoms with van der Waals surface area (Å²) < 4.78 is 37.3. The Hall–Kier alpha value is -2.98. The predicted octanol–water partition coefficient (Wildman–Crippen LogP) is 6.72. The largest absolute Gasteiger partial charge is 0.467 e. The van der Waals surface area contributed by atoms with Gasteiger partial charge in [0.2, 0.25) is 10.0 Å². The van der Waals surface area contributed by atoms with Crippen molar-refractivity contribution < 1.29 is 17.9 Å². The molecule has 0 fully saturated rings. The SMILES string of the molecule is COC(=O)[C@@](Nc1ccccc1Br)(c1ccccc1)[C@@H](NS(=O)(=O)c1ccc(C)cc1)c1ccc(Br)cc1. The van der Waals surface area contributed by atoms with E-state index in [1.165, 1.54) is 7.11 Å². The van der Waals surface area contributed by atoms with Gasteiger partial charge in [-0.05, 0) is 70.4 Å². The molecule has 0 saturated carbocycles. The fourth-order valence-electron chi connectivity index (χ4n) is 4.24. The average Bonchev–Trinajstić information content (AvgIpc) is 2.92. The number of benzene rings is 4. The monoisotopic (exact) mass is 656 g/mol. The summed E-state index contributed by atoms with van der Waals surface area (Å²) in [6.07, 6.45) is 0. The maximum Gasteiger partial charge on any atom is 0.338 e. The van der Waals surface area contributed by atoms with E-state index in [4.69, 9.17) is 4.74 Å². The molecule has 6 nitrogen and oxygen atoms in total. The van der Waals surface area contributed by atoms with Crippen LogP contribution in [0.25, 0.3) is 0 Å². The number of esters is 1. The molecule has 0 aromatic heterocycles. The number of hydrogen-bond acceptors (Lipinski definition) is 5. The highest BCUT2D eigenvalue weighted by Crippen LogP contribution is 2.42. The van der Waals surface area contributed by atoms with Gasteiger partial charge in [-0.25, -0.2) is 17.9 Å². The zero-order valence-electron chi connectivity index (χ0n) is 20.7. The fourth-order valence-corrected chi connectivity index (χ4v) is 6.14. The first kappa shape index (κ1) is 28.0. The molecule has 38 heavy (non-hydrogen) atoms. The normalized spacial score (nSPS) is 13.8. The van der Waals surface area contributed by atoms with Crippen LogP contribution in [0.1, 0.15) is 22.7 Å². The Morgan fingerprint density at radius 1 is 0.842 bits per heavy atom. The van der Waals surface area contributed by atoms with E-state index in [9.17, 15) is 13.2 Å². The van der Waals surface area contributed by atoms with Crippen LogP contribution in [0.4, 0.5) is 5.69 Å². The molecule has 0 radical (unpaired) electrons. The molecule has 0 amide bonds. The summed E-state index contributed by atoms with van der Waals surface area (Å²) in [6.45, 7) is 1.88. The smallest absolute Gasteiger partial charge is 0.338 e.